The molecule has 0 spiro atoms. The Labute approximate surface area is 134 Å². The van der Waals surface area contributed by atoms with Crippen LogP contribution in [0.2, 0.25) is 0 Å². The van der Waals surface area contributed by atoms with Crippen molar-refractivity contribution in [3.8, 4) is 0 Å². The molecular formula is C20H28O2. The molecule has 0 amide bonds. The van der Waals surface area contributed by atoms with E-state index in [1.165, 1.54) is 11.1 Å². The van der Waals surface area contributed by atoms with E-state index in [2.05, 4.69) is 40.0 Å². The second kappa shape index (κ2) is 5.11. The lowest BCUT2D eigenvalue weighted by Crippen LogP contribution is -2.49. The monoisotopic (exact) mass is 300 g/mol. The molecule has 2 heteroatoms. The van der Waals surface area contributed by atoms with Crippen LogP contribution in [0.1, 0.15) is 52.9 Å². The maximum atomic E-state index is 12.2. The molecule has 0 aromatic rings. The molecule has 0 aromatic heterocycles. The van der Waals surface area contributed by atoms with Crippen LogP contribution in [0.3, 0.4) is 0 Å². The number of hydrogen-bond donors (Lipinski definition) is 0. The molecule has 1 aliphatic heterocycles. The summed E-state index contributed by atoms with van der Waals surface area (Å²) in [6.07, 6.45) is 8.94. The largest absolute Gasteiger partial charge is 0.462 e. The molecule has 2 fully saturated rings. The molecular weight excluding hydrogens is 272 g/mol. The van der Waals surface area contributed by atoms with Gasteiger partial charge in [-0.1, -0.05) is 43.7 Å². The van der Waals surface area contributed by atoms with Crippen molar-refractivity contribution in [1.82, 2.24) is 0 Å². The molecule has 0 N–H and O–H groups in total. The minimum atomic E-state index is -0.0575. The van der Waals surface area contributed by atoms with Crippen LogP contribution in [0.25, 0.3) is 0 Å². The van der Waals surface area contributed by atoms with E-state index in [0.717, 1.165) is 25.7 Å². The second-order valence-electron chi connectivity index (χ2n) is 8.08. The Morgan fingerprint density at radius 3 is 2.77 bits per heavy atom. The van der Waals surface area contributed by atoms with Crippen molar-refractivity contribution in [2.45, 2.75) is 59.0 Å². The fourth-order valence-corrected chi connectivity index (χ4v) is 5.29. The Balaban J connectivity index is 2.11. The SMILES string of the molecule is C=C[C@@]1(C)C=C2CC[C@H](C(=C)C)[C@@]3(C)CCC(=O)O[C@@H](C1)[C@H]23. The zero-order valence-electron chi connectivity index (χ0n) is 14.2. The standard InChI is InChI=1S/C20H28O2/c1-6-19(4)11-14-7-8-15(13(2)3)20(5)10-9-17(21)22-16(12-19)18(14)20/h6,11,15-16,18H,1-2,7-10,12H2,3-5H3/t15-,16+,18+,19+,20-/m1/s1. The van der Waals surface area contributed by atoms with Crippen molar-refractivity contribution in [3.05, 3.63) is 36.5 Å². The molecule has 3 rings (SSSR count). The van der Waals surface area contributed by atoms with Gasteiger partial charge < -0.3 is 4.74 Å². The maximum absolute atomic E-state index is 12.2. The molecule has 0 aromatic carbocycles. The van der Waals surface area contributed by atoms with Gasteiger partial charge in [-0.05, 0) is 43.9 Å². The van der Waals surface area contributed by atoms with Gasteiger partial charge in [-0.2, -0.15) is 0 Å². The highest BCUT2D eigenvalue weighted by Gasteiger charge is 2.54. The van der Waals surface area contributed by atoms with Gasteiger partial charge >= 0.3 is 5.97 Å². The third-order valence-corrected chi connectivity index (χ3v) is 6.37. The number of hydrogen-bond acceptors (Lipinski definition) is 2. The predicted octanol–water partition coefficient (Wildman–Crippen LogP) is 4.82. The molecule has 120 valence electrons. The van der Waals surface area contributed by atoms with Crippen molar-refractivity contribution in [2.24, 2.45) is 22.7 Å². The van der Waals surface area contributed by atoms with Crippen LogP contribution in [0.5, 0.6) is 0 Å². The molecule has 5 atom stereocenters. The van der Waals surface area contributed by atoms with Crippen LogP contribution in [0, 0.1) is 22.7 Å². The molecule has 3 aliphatic rings. The molecule has 1 saturated heterocycles. The smallest absolute Gasteiger partial charge is 0.306 e. The van der Waals surface area contributed by atoms with Crippen LogP contribution >= 0.6 is 0 Å². The van der Waals surface area contributed by atoms with Crippen molar-refractivity contribution < 1.29 is 9.53 Å². The van der Waals surface area contributed by atoms with Crippen molar-refractivity contribution in [1.29, 1.82) is 0 Å². The van der Waals surface area contributed by atoms with Gasteiger partial charge in [0.05, 0.1) is 0 Å². The van der Waals surface area contributed by atoms with Crippen LogP contribution in [-0.4, -0.2) is 12.1 Å². The summed E-state index contributed by atoms with van der Waals surface area (Å²) in [5.41, 5.74) is 2.77. The minimum absolute atomic E-state index is 0.00912. The summed E-state index contributed by atoms with van der Waals surface area (Å²) in [6, 6.07) is 0. The molecule has 2 nitrogen and oxygen atoms in total. The third kappa shape index (κ3) is 2.28. The molecule has 2 aliphatic carbocycles. The van der Waals surface area contributed by atoms with Gasteiger partial charge in [0.1, 0.15) is 6.10 Å². The number of esters is 1. The first kappa shape index (κ1) is 15.6. The van der Waals surface area contributed by atoms with Gasteiger partial charge in [0, 0.05) is 17.8 Å². The number of allylic oxidation sites excluding steroid dienone is 3. The van der Waals surface area contributed by atoms with Crippen LogP contribution in [0.4, 0.5) is 0 Å². The lowest BCUT2D eigenvalue weighted by Gasteiger charge is -2.53. The number of carbonyl (C=O) groups excluding carboxylic acids is 1. The van der Waals surface area contributed by atoms with Crippen molar-refractivity contribution in [2.75, 3.05) is 0 Å². The van der Waals surface area contributed by atoms with E-state index in [1.807, 2.05) is 6.08 Å². The first-order valence-corrected chi connectivity index (χ1v) is 8.49. The summed E-state index contributed by atoms with van der Waals surface area (Å²) >= 11 is 0. The quantitative estimate of drug-likeness (QED) is 0.539. The Hall–Kier alpha value is -1.31. The topological polar surface area (TPSA) is 26.3 Å². The van der Waals surface area contributed by atoms with Crippen LogP contribution < -0.4 is 0 Å². The highest BCUT2D eigenvalue weighted by molar-refractivity contribution is 5.70. The molecule has 0 unspecified atom stereocenters. The number of ether oxygens (including phenoxy) is 1. The van der Waals surface area contributed by atoms with E-state index >= 15 is 0 Å². The zero-order valence-corrected chi connectivity index (χ0v) is 14.2. The number of rotatable bonds is 2. The Morgan fingerprint density at radius 2 is 2.14 bits per heavy atom. The second-order valence-corrected chi connectivity index (χ2v) is 8.08. The molecule has 22 heavy (non-hydrogen) atoms. The van der Waals surface area contributed by atoms with Crippen molar-refractivity contribution >= 4 is 5.97 Å². The lowest BCUT2D eigenvalue weighted by atomic mass is 9.51. The van der Waals surface area contributed by atoms with E-state index < -0.39 is 0 Å². The predicted molar refractivity (Wildman–Crippen MR) is 89.3 cm³/mol. The summed E-state index contributed by atoms with van der Waals surface area (Å²) < 4.78 is 5.88. The van der Waals surface area contributed by atoms with Gasteiger partial charge in [0.2, 0.25) is 0 Å². The molecule has 0 bridgehead atoms. The minimum Gasteiger partial charge on any atom is -0.462 e. The highest BCUT2D eigenvalue weighted by Crippen LogP contribution is 2.59. The van der Waals surface area contributed by atoms with Gasteiger partial charge in [-0.25, -0.2) is 0 Å². The summed E-state index contributed by atoms with van der Waals surface area (Å²) in [7, 11) is 0. The fraction of sp³-hybridized carbons (Fsp3) is 0.650. The number of carbonyl (C=O) groups is 1. The van der Waals surface area contributed by atoms with E-state index in [9.17, 15) is 4.79 Å². The van der Waals surface area contributed by atoms with E-state index in [0.29, 0.717) is 18.3 Å². The Bertz CT molecular complexity index is 558. The highest BCUT2D eigenvalue weighted by atomic mass is 16.5. The fourth-order valence-electron chi connectivity index (χ4n) is 5.29. The average Bonchev–Trinajstić information content (AvgIpc) is 2.56. The van der Waals surface area contributed by atoms with Crippen LogP contribution in [-0.2, 0) is 9.53 Å². The third-order valence-electron chi connectivity index (χ3n) is 6.37. The molecule has 1 heterocycles. The van der Waals surface area contributed by atoms with Gasteiger partial charge in [-0.15, -0.1) is 6.58 Å². The average molecular weight is 300 g/mol. The molecule has 1 saturated carbocycles. The van der Waals surface area contributed by atoms with Crippen molar-refractivity contribution in [3.63, 3.8) is 0 Å². The first-order valence-electron chi connectivity index (χ1n) is 8.49. The lowest BCUT2D eigenvalue weighted by molar-refractivity contribution is -0.152. The maximum Gasteiger partial charge on any atom is 0.306 e. The Kier molecular flexibility index (Phi) is 3.62. The van der Waals surface area contributed by atoms with Gasteiger partial charge in [0.15, 0.2) is 0 Å². The van der Waals surface area contributed by atoms with E-state index in [-0.39, 0.29) is 22.9 Å². The summed E-state index contributed by atoms with van der Waals surface area (Å²) in [5.74, 6) is 0.802. The normalized spacial score (nSPS) is 44.2. The first-order chi connectivity index (χ1) is 10.3. The Morgan fingerprint density at radius 1 is 1.41 bits per heavy atom. The zero-order chi connectivity index (χ0) is 16.1. The summed E-state index contributed by atoms with van der Waals surface area (Å²) in [4.78, 5) is 12.2. The summed E-state index contributed by atoms with van der Waals surface area (Å²) in [5, 5.41) is 0. The molecule has 0 radical (unpaired) electrons. The van der Waals surface area contributed by atoms with E-state index in [4.69, 9.17) is 4.74 Å². The van der Waals surface area contributed by atoms with E-state index in [1.54, 1.807) is 0 Å². The van der Waals surface area contributed by atoms with Crippen LogP contribution in [0.15, 0.2) is 36.5 Å². The summed E-state index contributed by atoms with van der Waals surface area (Å²) in [6.45, 7) is 14.9. The van der Waals surface area contributed by atoms with Gasteiger partial charge in [0.25, 0.3) is 0 Å². The van der Waals surface area contributed by atoms with Gasteiger partial charge in [-0.3, -0.25) is 4.79 Å².